The number of para-hydroxylation sites is 1. The molecular weight excluding hydrogens is 370 g/mol. The molecule has 1 aromatic heterocycles. The van der Waals surface area contributed by atoms with Gasteiger partial charge in [0.2, 0.25) is 5.78 Å². The van der Waals surface area contributed by atoms with Crippen molar-refractivity contribution in [2.75, 3.05) is 32.6 Å². The molecule has 7 nitrogen and oxygen atoms in total. The lowest BCUT2D eigenvalue weighted by Crippen LogP contribution is -3.11. The molecule has 1 unspecified atom stereocenters. The molecule has 1 amide bonds. The van der Waals surface area contributed by atoms with Crippen molar-refractivity contribution in [1.29, 1.82) is 0 Å². The summed E-state index contributed by atoms with van der Waals surface area (Å²) in [4.78, 5) is 40.3. The molecule has 8 heteroatoms. The van der Waals surface area contributed by atoms with Crippen molar-refractivity contribution < 1.29 is 24.0 Å². The number of carbonyl (C=O) groups excluding carboxylic acids is 3. The molecule has 0 aliphatic carbocycles. The lowest BCUT2D eigenvalue weighted by atomic mass is 10.1. The number of likely N-dealkylation sites (N-methyl/N-ethyl adjacent to an activating group) is 1. The molecule has 0 radical (unpaired) electrons. The van der Waals surface area contributed by atoms with Crippen LogP contribution in [0.5, 0.6) is 0 Å². The van der Waals surface area contributed by atoms with Gasteiger partial charge in [-0.25, -0.2) is 4.79 Å². The quantitative estimate of drug-likeness (QED) is 0.490. The van der Waals surface area contributed by atoms with Gasteiger partial charge in [0.25, 0.3) is 5.91 Å². The fourth-order valence-corrected chi connectivity index (χ4v) is 3.08. The van der Waals surface area contributed by atoms with Gasteiger partial charge in [0.05, 0.1) is 36.1 Å². The Hall–Kier alpha value is -2.64. The van der Waals surface area contributed by atoms with E-state index in [-0.39, 0.29) is 24.8 Å². The molecule has 1 heterocycles. The van der Waals surface area contributed by atoms with E-state index in [2.05, 4.69) is 10.3 Å². The summed E-state index contributed by atoms with van der Waals surface area (Å²) in [7, 11) is 3.04. The summed E-state index contributed by atoms with van der Waals surface area (Å²) >= 11 is 6.02. The zero-order valence-corrected chi connectivity index (χ0v) is 16.5. The van der Waals surface area contributed by atoms with Crippen LogP contribution in [0.15, 0.2) is 24.3 Å². The van der Waals surface area contributed by atoms with E-state index in [1.165, 1.54) is 7.11 Å². The van der Waals surface area contributed by atoms with E-state index in [9.17, 15) is 14.4 Å². The second-order valence-corrected chi connectivity index (χ2v) is 6.79. The molecule has 2 rings (SSSR count). The summed E-state index contributed by atoms with van der Waals surface area (Å²) in [6.45, 7) is 3.60. The van der Waals surface area contributed by atoms with Crippen LogP contribution in [0, 0.1) is 13.8 Å². The highest BCUT2D eigenvalue weighted by Crippen LogP contribution is 2.20. The molecule has 3 N–H and O–H groups in total. The van der Waals surface area contributed by atoms with E-state index in [4.69, 9.17) is 16.3 Å². The number of hydrogen-bond donors (Lipinski definition) is 3. The fraction of sp³-hybridized carbons (Fsp3) is 0.316. The van der Waals surface area contributed by atoms with Crippen molar-refractivity contribution in [3.8, 4) is 0 Å². The van der Waals surface area contributed by atoms with Gasteiger partial charge in [-0.1, -0.05) is 23.7 Å². The maximum Gasteiger partial charge on any atom is 0.339 e. The average molecular weight is 393 g/mol. The number of anilines is 1. The van der Waals surface area contributed by atoms with Crippen molar-refractivity contribution in [2.45, 2.75) is 13.8 Å². The predicted molar refractivity (Wildman–Crippen MR) is 103 cm³/mol. The highest BCUT2D eigenvalue weighted by atomic mass is 35.5. The molecular formula is C19H23ClN3O4+. The third-order valence-electron chi connectivity index (χ3n) is 4.18. The number of aromatic amines is 1. The molecule has 1 atom stereocenters. The number of aryl methyl sites for hydroxylation is 1. The monoisotopic (exact) mass is 392 g/mol. The normalized spacial score (nSPS) is 11.7. The van der Waals surface area contributed by atoms with E-state index in [1.807, 2.05) is 0 Å². The number of nitrogens with one attached hydrogen (secondary N) is 3. The van der Waals surface area contributed by atoms with Crippen molar-refractivity contribution in [2.24, 2.45) is 0 Å². The molecule has 2 aromatic rings. The Balaban J connectivity index is 2.00. The van der Waals surface area contributed by atoms with Gasteiger partial charge in [0.1, 0.15) is 6.54 Å². The number of aromatic nitrogens is 1. The lowest BCUT2D eigenvalue weighted by Gasteiger charge is -2.13. The van der Waals surface area contributed by atoms with E-state index in [1.54, 1.807) is 45.2 Å². The third kappa shape index (κ3) is 4.96. The lowest BCUT2D eigenvalue weighted by molar-refractivity contribution is -0.861. The van der Waals surface area contributed by atoms with Gasteiger partial charge >= 0.3 is 5.97 Å². The van der Waals surface area contributed by atoms with Crippen LogP contribution >= 0.6 is 11.6 Å². The number of ketones is 1. The number of Topliss-reactive ketones (excluding diaryl/α,β-unsaturated/α-hetero) is 1. The van der Waals surface area contributed by atoms with Crippen LogP contribution in [-0.4, -0.2) is 49.9 Å². The highest BCUT2D eigenvalue weighted by molar-refractivity contribution is 6.33. The van der Waals surface area contributed by atoms with Gasteiger partial charge in [-0.05, 0) is 31.5 Å². The fourth-order valence-electron chi connectivity index (χ4n) is 2.89. The standard InChI is InChI=1S/C19H22ClN3O4/c1-11-17(19(26)27-4)12(2)21-18(11)15(24)9-23(3)10-16(25)22-14-8-6-5-7-13(14)20/h5-8,21H,9-10H2,1-4H3,(H,22,25)/p+1. The van der Waals surface area contributed by atoms with Gasteiger partial charge in [-0.3, -0.25) is 9.59 Å². The Morgan fingerprint density at radius 2 is 1.85 bits per heavy atom. The van der Waals surface area contributed by atoms with Crippen LogP contribution < -0.4 is 10.2 Å². The molecule has 1 aromatic carbocycles. The van der Waals surface area contributed by atoms with Crippen molar-refractivity contribution >= 4 is 34.9 Å². The molecule has 0 aliphatic heterocycles. The van der Waals surface area contributed by atoms with Crippen molar-refractivity contribution in [3.63, 3.8) is 0 Å². The van der Waals surface area contributed by atoms with Crippen LogP contribution in [0.2, 0.25) is 5.02 Å². The van der Waals surface area contributed by atoms with Gasteiger partial charge in [0.15, 0.2) is 6.54 Å². The minimum absolute atomic E-state index is 0.0946. The largest absolute Gasteiger partial charge is 0.465 e. The van der Waals surface area contributed by atoms with Gasteiger partial charge in [0, 0.05) is 5.69 Å². The maximum atomic E-state index is 12.6. The third-order valence-corrected chi connectivity index (χ3v) is 4.51. The first-order valence-electron chi connectivity index (χ1n) is 8.41. The second-order valence-electron chi connectivity index (χ2n) is 6.38. The predicted octanol–water partition coefficient (Wildman–Crippen LogP) is 1.41. The number of amides is 1. The zero-order valence-electron chi connectivity index (χ0n) is 15.7. The van der Waals surface area contributed by atoms with E-state index in [0.717, 1.165) is 0 Å². The first-order valence-corrected chi connectivity index (χ1v) is 8.78. The first-order chi connectivity index (χ1) is 12.7. The Morgan fingerprint density at radius 3 is 2.48 bits per heavy atom. The first kappa shape index (κ1) is 20.7. The summed E-state index contributed by atoms with van der Waals surface area (Å²) in [6, 6.07) is 6.95. The van der Waals surface area contributed by atoms with Crippen LogP contribution in [0.25, 0.3) is 0 Å². The van der Waals surface area contributed by atoms with Gasteiger partial charge < -0.3 is 19.9 Å². The summed E-state index contributed by atoms with van der Waals surface area (Å²) in [5, 5.41) is 3.18. The van der Waals surface area contributed by atoms with Gasteiger partial charge in [-0.2, -0.15) is 0 Å². The number of ether oxygens (including phenoxy) is 1. The summed E-state index contributed by atoms with van der Waals surface area (Å²) in [5.74, 6) is -0.919. The second kappa shape index (κ2) is 8.83. The summed E-state index contributed by atoms with van der Waals surface area (Å²) in [5.41, 5.74) is 2.39. The number of H-pyrrole nitrogens is 1. The van der Waals surface area contributed by atoms with E-state index >= 15 is 0 Å². The SMILES string of the molecule is COC(=O)c1c(C)[nH]c(C(=O)C[NH+](C)CC(=O)Nc2ccccc2Cl)c1C. The smallest absolute Gasteiger partial charge is 0.339 e. The molecule has 27 heavy (non-hydrogen) atoms. The highest BCUT2D eigenvalue weighted by Gasteiger charge is 2.24. The summed E-state index contributed by atoms with van der Waals surface area (Å²) < 4.78 is 4.75. The number of esters is 1. The number of benzene rings is 1. The van der Waals surface area contributed by atoms with Crippen LogP contribution in [0.4, 0.5) is 5.69 Å². The van der Waals surface area contributed by atoms with Crippen molar-refractivity contribution in [1.82, 2.24) is 4.98 Å². The molecule has 144 valence electrons. The molecule has 0 spiro atoms. The summed E-state index contributed by atoms with van der Waals surface area (Å²) in [6.07, 6.45) is 0. The number of halogens is 1. The number of rotatable bonds is 7. The van der Waals surface area contributed by atoms with Crippen LogP contribution in [-0.2, 0) is 9.53 Å². The van der Waals surface area contributed by atoms with Crippen LogP contribution in [0.1, 0.15) is 32.1 Å². The number of hydrogen-bond acceptors (Lipinski definition) is 4. The molecule has 0 saturated carbocycles. The molecule has 0 bridgehead atoms. The molecule has 0 aliphatic rings. The van der Waals surface area contributed by atoms with Crippen molar-refractivity contribution in [3.05, 3.63) is 51.8 Å². The molecule has 0 fully saturated rings. The number of methoxy groups -OCH3 is 1. The Labute approximate surface area is 162 Å². The van der Waals surface area contributed by atoms with E-state index in [0.29, 0.717) is 38.1 Å². The maximum absolute atomic E-state index is 12.6. The van der Waals surface area contributed by atoms with E-state index < -0.39 is 5.97 Å². The van der Waals surface area contributed by atoms with Crippen LogP contribution in [0.3, 0.4) is 0 Å². The number of carbonyl (C=O) groups is 3. The Kier molecular flexibility index (Phi) is 6.76. The minimum Gasteiger partial charge on any atom is -0.465 e. The minimum atomic E-state index is -0.486. The topological polar surface area (TPSA) is 92.7 Å². The Morgan fingerprint density at radius 1 is 1.19 bits per heavy atom. The van der Waals surface area contributed by atoms with Gasteiger partial charge in [-0.15, -0.1) is 0 Å². The average Bonchev–Trinajstić information content (AvgIpc) is 2.90. The molecule has 0 saturated heterocycles. The zero-order chi connectivity index (χ0) is 20.1. The Bertz CT molecular complexity index is 876. The number of quaternary nitrogens is 1.